The molecule has 2 aromatic heterocycles. The van der Waals surface area contributed by atoms with Gasteiger partial charge in [0.25, 0.3) is 0 Å². The minimum atomic E-state index is 1.16. The highest BCUT2D eigenvalue weighted by Gasteiger charge is 2.18. The van der Waals surface area contributed by atoms with Crippen molar-refractivity contribution in [1.82, 2.24) is 9.13 Å². The highest BCUT2D eigenvalue weighted by Crippen LogP contribution is 2.44. The van der Waals surface area contributed by atoms with Crippen LogP contribution in [0.5, 0.6) is 0 Å². The number of para-hydroxylation sites is 4. The van der Waals surface area contributed by atoms with Gasteiger partial charge in [0.1, 0.15) is 0 Å². The fourth-order valence-corrected chi connectivity index (χ4v) is 8.71. The second kappa shape index (κ2) is 11.3. The fourth-order valence-electron chi connectivity index (χ4n) is 8.71. The van der Waals surface area contributed by atoms with Crippen molar-refractivity contribution in [2.75, 3.05) is 0 Å². The van der Waals surface area contributed by atoms with E-state index in [0.29, 0.717) is 0 Å². The molecule has 11 aromatic rings. The number of rotatable bonds is 4. The molecular weight excluding hydrogens is 629 g/mol. The van der Waals surface area contributed by atoms with Crippen molar-refractivity contribution in [3.8, 4) is 33.6 Å². The van der Waals surface area contributed by atoms with Crippen LogP contribution in [0.1, 0.15) is 0 Å². The first-order valence-corrected chi connectivity index (χ1v) is 17.9. The molecule has 0 bridgehead atoms. The number of hydrogen-bond donors (Lipinski definition) is 0. The molecule has 0 N–H and O–H groups in total. The molecule has 0 saturated carbocycles. The summed E-state index contributed by atoms with van der Waals surface area (Å²) in [6.07, 6.45) is 0. The number of benzene rings is 9. The monoisotopic (exact) mass is 660 g/mol. The van der Waals surface area contributed by atoms with Gasteiger partial charge in [-0.1, -0.05) is 146 Å². The Morgan fingerprint density at radius 3 is 0.712 bits per heavy atom. The highest BCUT2D eigenvalue weighted by atomic mass is 15.0. The first-order chi connectivity index (χ1) is 25.8. The molecule has 52 heavy (non-hydrogen) atoms. The van der Waals surface area contributed by atoms with Gasteiger partial charge in [-0.05, 0) is 92.3 Å². The van der Waals surface area contributed by atoms with E-state index in [1.807, 2.05) is 0 Å². The molecule has 11 rings (SSSR count). The van der Waals surface area contributed by atoms with E-state index in [9.17, 15) is 0 Å². The van der Waals surface area contributed by atoms with E-state index in [1.165, 1.54) is 87.4 Å². The van der Waals surface area contributed by atoms with Gasteiger partial charge in [0.15, 0.2) is 0 Å². The van der Waals surface area contributed by atoms with E-state index < -0.39 is 0 Å². The first-order valence-electron chi connectivity index (χ1n) is 17.9. The van der Waals surface area contributed by atoms with E-state index in [4.69, 9.17) is 0 Å². The molecule has 0 spiro atoms. The van der Waals surface area contributed by atoms with Gasteiger partial charge in [0.2, 0.25) is 0 Å². The maximum absolute atomic E-state index is 2.39. The summed E-state index contributed by atoms with van der Waals surface area (Å²) in [6.45, 7) is 0. The summed E-state index contributed by atoms with van der Waals surface area (Å²) >= 11 is 0. The lowest BCUT2D eigenvalue weighted by atomic mass is 9.86. The van der Waals surface area contributed by atoms with Crippen LogP contribution < -0.4 is 0 Å². The molecule has 0 saturated heterocycles. The van der Waals surface area contributed by atoms with Crippen LogP contribution in [-0.4, -0.2) is 9.13 Å². The molecule has 0 amide bonds. The van der Waals surface area contributed by atoms with Crippen LogP contribution in [0.2, 0.25) is 0 Å². The zero-order chi connectivity index (χ0) is 34.2. The molecule has 0 unspecified atom stereocenters. The summed E-state index contributed by atoms with van der Waals surface area (Å²) in [5.41, 5.74) is 12.2. The molecule has 0 atom stereocenters. The van der Waals surface area contributed by atoms with E-state index in [1.54, 1.807) is 0 Å². The standard InChI is InChI=1S/C50H32N2/c1-2-18-42-41(17-1)49(33-25-29-35(30-26-33)51-45-21-9-5-13-37(45)38-14-6-10-22-46(38)51)43-19-3-4-20-44(43)50(42)34-27-31-36(32-28-34)52-47-23-11-7-15-39(47)40-16-8-12-24-48(40)52/h1-32H. The maximum Gasteiger partial charge on any atom is 0.0541 e. The van der Waals surface area contributed by atoms with Gasteiger partial charge in [0.05, 0.1) is 22.1 Å². The van der Waals surface area contributed by atoms with Crippen molar-refractivity contribution in [3.05, 3.63) is 194 Å². The van der Waals surface area contributed by atoms with Crippen LogP contribution >= 0.6 is 0 Å². The fraction of sp³-hybridized carbons (Fsp3) is 0. The Hall–Kier alpha value is -6.90. The average Bonchev–Trinajstić information content (AvgIpc) is 3.73. The lowest BCUT2D eigenvalue weighted by Gasteiger charge is -2.18. The smallest absolute Gasteiger partial charge is 0.0541 e. The molecule has 0 aliphatic heterocycles. The van der Waals surface area contributed by atoms with Gasteiger partial charge in [0, 0.05) is 32.9 Å². The molecule has 2 heterocycles. The van der Waals surface area contributed by atoms with Gasteiger partial charge in [-0.15, -0.1) is 0 Å². The van der Waals surface area contributed by atoms with Crippen LogP contribution in [0.15, 0.2) is 194 Å². The Morgan fingerprint density at radius 1 is 0.212 bits per heavy atom. The second-order valence-electron chi connectivity index (χ2n) is 13.7. The Labute approximate surface area is 301 Å². The summed E-state index contributed by atoms with van der Waals surface area (Å²) in [6, 6.07) is 70.9. The molecule has 0 fully saturated rings. The third-order valence-corrected chi connectivity index (χ3v) is 10.9. The predicted octanol–water partition coefficient (Wildman–Crippen LogP) is 13.5. The van der Waals surface area contributed by atoms with Gasteiger partial charge < -0.3 is 9.13 Å². The summed E-state index contributed by atoms with van der Waals surface area (Å²) < 4.78 is 4.77. The molecule has 2 nitrogen and oxygen atoms in total. The number of nitrogens with zero attached hydrogens (tertiary/aromatic N) is 2. The molecule has 0 aliphatic rings. The van der Waals surface area contributed by atoms with E-state index in [-0.39, 0.29) is 0 Å². The number of hydrogen-bond acceptors (Lipinski definition) is 0. The third kappa shape index (κ3) is 4.19. The highest BCUT2D eigenvalue weighted by molar-refractivity contribution is 6.21. The van der Waals surface area contributed by atoms with Crippen molar-refractivity contribution in [2.45, 2.75) is 0 Å². The summed E-state index contributed by atoms with van der Waals surface area (Å²) in [7, 11) is 0. The Morgan fingerprint density at radius 2 is 0.442 bits per heavy atom. The topological polar surface area (TPSA) is 9.86 Å². The minimum Gasteiger partial charge on any atom is -0.309 e. The van der Waals surface area contributed by atoms with Crippen molar-refractivity contribution in [1.29, 1.82) is 0 Å². The van der Waals surface area contributed by atoms with E-state index >= 15 is 0 Å². The Bertz CT molecular complexity index is 2780. The van der Waals surface area contributed by atoms with Crippen molar-refractivity contribution in [2.24, 2.45) is 0 Å². The van der Waals surface area contributed by atoms with Crippen LogP contribution in [-0.2, 0) is 0 Å². The molecule has 9 aromatic carbocycles. The second-order valence-corrected chi connectivity index (χ2v) is 13.7. The Balaban J connectivity index is 1.07. The average molecular weight is 661 g/mol. The SMILES string of the molecule is c1ccc2c(-c3ccc(-n4c5ccccc5c5ccccc54)cc3)c3ccccc3c(-c3ccc(-n4c5ccccc5c5ccccc54)cc3)c2c1. The zero-order valence-electron chi connectivity index (χ0n) is 28.4. The zero-order valence-corrected chi connectivity index (χ0v) is 28.4. The third-order valence-electron chi connectivity index (χ3n) is 10.9. The number of aromatic nitrogens is 2. The van der Waals surface area contributed by atoms with Gasteiger partial charge in [-0.25, -0.2) is 0 Å². The quantitative estimate of drug-likeness (QED) is 0.166. The van der Waals surface area contributed by atoms with Gasteiger partial charge >= 0.3 is 0 Å². The van der Waals surface area contributed by atoms with Crippen LogP contribution in [0, 0.1) is 0 Å². The molecule has 2 heteroatoms. The summed E-state index contributed by atoms with van der Waals surface area (Å²) in [4.78, 5) is 0. The van der Waals surface area contributed by atoms with E-state index in [2.05, 4.69) is 203 Å². The van der Waals surface area contributed by atoms with Crippen molar-refractivity contribution in [3.63, 3.8) is 0 Å². The van der Waals surface area contributed by atoms with Crippen LogP contribution in [0.3, 0.4) is 0 Å². The predicted molar refractivity (Wildman–Crippen MR) is 221 cm³/mol. The molecular formula is C50H32N2. The summed E-state index contributed by atoms with van der Waals surface area (Å²) in [5, 5.41) is 10.1. The van der Waals surface area contributed by atoms with Crippen LogP contribution in [0.25, 0.3) is 98.8 Å². The molecule has 0 radical (unpaired) electrons. The lowest BCUT2D eigenvalue weighted by molar-refractivity contribution is 1.18. The van der Waals surface area contributed by atoms with Crippen molar-refractivity contribution >= 4 is 65.2 Å². The van der Waals surface area contributed by atoms with Crippen LogP contribution in [0.4, 0.5) is 0 Å². The van der Waals surface area contributed by atoms with Gasteiger partial charge in [-0.2, -0.15) is 0 Å². The van der Waals surface area contributed by atoms with Crippen molar-refractivity contribution < 1.29 is 0 Å². The Kier molecular flexibility index (Phi) is 6.28. The molecule has 242 valence electrons. The first kappa shape index (κ1) is 28.9. The molecule has 0 aliphatic carbocycles. The van der Waals surface area contributed by atoms with Gasteiger partial charge in [-0.3, -0.25) is 0 Å². The minimum absolute atomic E-state index is 1.16. The number of fused-ring (bicyclic) bond motifs is 8. The maximum atomic E-state index is 2.39. The van der Waals surface area contributed by atoms with E-state index in [0.717, 1.165) is 11.4 Å². The summed E-state index contributed by atoms with van der Waals surface area (Å²) in [5.74, 6) is 0. The normalized spacial score (nSPS) is 11.8. The largest absolute Gasteiger partial charge is 0.309 e. The lowest BCUT2D eigenvalue weighted by Crippen LogP contribution is -1.95.